The van der Waals surface area contributed by atoms with E-state index in [-0.39, 0.29) is 17.1 Å². The second-order valence-corrected chi connectivity index (χ2v) is 15.8. The van der Waals surface area contributed by atoms with E-state index in [0.717, 1.165) is 5.41 Å². The van der Waals surface area contributed by atoms with Crippen LogP contribution in [0.2, 0.25) is 25.7 Å². The summed E-state index contributed by atoms with van der Waals surface area (Å²) in [6.07, 6.45) is 1.53. The number of methoxy groups -OCH3 is 1. The number of hydrogen-bond acceptors (Lipinski definition) is 6. The highest BCUT2D eigenvalue weighted by molar-refractivity contribution is 7.94. The summed E-state index contributed by atoms with van der Waals surface area (Å²) >= 11 is 0. The lowest BCUT2D eigenvalue weighted by atomic mass is 9.90. The Labute approximate surface area is 180 Å². The lowest BCUT2D eigenvalue weighted by molar-refractivity contribution is -0.134. The molecule has 0 saturated carbocycles. The normalized spacial score (nSPS) is 14.2. The summed E-state index contributed by atoms with van der Waals surface area (Å²) in [5, 5.41) is 1.15. The number of unbranched alkanes of at least 4 members (excludes halogenated alkanes) is 1. The number of hydrogen-bond donors (Lipinski definition) is 0. The average Bonchev–Trinajstić information content (AvgIpc) is 2.66. The lowest BCUT2D eigenvalue weighted by Crippen LogP contribution is -2.43. The lowest BCUT2D eigenvalue weighted by Gasteiger charge is -2.32. The SMILES string of the molecule is C=C(C[Si](C)(C)C)C(C)(OC(=O)OC)C(=O)CCC/C=C/S(=O)(=O)c1ccccc1. The number of ketones is 1. The number of benzene rings is 1. The van der Waals surface area contributed by atoms with Crippen molar-refractivity contribution in [2.24, 2.45) is 0 Å². The van der Waals surface area contributed by atoms with Gasteiger partial charge in [-0.3, -0.25) is 4.79 Å². The van der Waals surface area contributed by atoms with Crippen molar-refractivity contribution in [1.82, 2.24) is 0 Å². The molecule has 0 amide bonds. The molecule has 0 heterocycles. The highest BCUT2D eigenvalue weighted by Gasteiger charge is 2.41. The molecule has 0 aliphatic heterocycles. The molecule has 0 radical (unpaired) electrons. The minimum atomic E-state index is -3.50. The third-order valence-electron chi connectivity index (χ3n) is 4.53. The highest BCUT2D eigenvalue weighted by Crippen LogP contribution is 2.31. The van der Waals surface area contributed by atoms with Crippen molar-refractivity contribution in [3.8, 4) is 0 Å². The average molecular weight is 453 g/mol. The zero-order valence-corrected chi connectivity index (χ0v) is 20.3. The standard InChI is InChI=1S/C22H32O6SSi/c1-18(17-30(4,5)6)22(2,28-21(24)27-3)20(23)15-11-8-12-16-29(25,26)19-13-9-7-10-14-19/h7,9-10,12-14,16H,1,8,11,15,17H2,2-6H3/b16-12+. The maximum Gasteiger partial charge on any atom is 0.509 e. The van der Waals surface area contributed by atoms with Gasteiger partial charge in [-0.05, 0) is 43.5 Å². The Morgan fingerprint density at radius 1 is 1.17 bits per heavy atom. The van der Waals surface area contributed by atoms with Crippen LogP contribution in [-0.4, -0.2) is 41.1 Å². The number of sulfone groups is 1. The van der Waals surface area contributed by atoms with Crippen LogP contribution in [-0.2, 0) is 24.1 Å². The van der Waals surface area contributed by atoms with Gasteiger partial charge in [-0.25, -0.2) is 13.2 Å². The Kier molecular flexibility index (Phi) is 9.24. The fourth-order valence-corrected chi connectivity index (χ4v) is 5.55. The van der Waals surface area contributed by atoms with E-state index in [1.807, 2.05) is 0 Å². The molecule has 1 aromatic carbocycles. The number of allylic oxidation sites excluding steroid dienone is 1. The van der Waals surface area contributed by atoms with Gasteiger partial charge >= 0.3 is 6.16 Å². The van der Waals surface area contributed by atoms with E-state index in [0.29, 0.717) is 24.5 Å². The summed E-state index contributed by atoms with van der Waals surface area (Å²) in [6.45, 7) is 12.0. The first kappa shape index (κ1) is 25.8. The molecule has 0 fully saturated rings. The molecule has 1 aromatic rings. The summed E-state index contributed by atoms with van der Waals surface area (Å²) in [7, 11) is -3.91. The minimum absolute atomic E-state index is 0.119. The van der Waals surface area contributed by atoms with E-state index in [1.54, 1.807) is 25.1 Å². The molecule has 1 atom stereocenters. The largest absolute Gasteiger partial charge is 0.509 e. The third kappa shape index (κ3) is 7.91. The smallest absolute Gasteiger partial charge is 0.438 e. The van der Waals surface area contributed by atoms with Crippen LogP contribution >= 0.6 is 0 Å². The monoisotopic (exact) mass is 452 g/mol. The summed E-state index contributed by atoms with van der Waals surface area (Å²) in [6, 6.07) is 8.76. The van der Waals surface area contributed by atoms with Gasteiger partial charge in [0.1, 0.15) is 0 Å². The van der Waals surface area contributed by atoms with E-state index < -0.39 is 29.7 Å². The third-order valence-corrected chi connectivity index (χ3v) is 7.49. The van der Waals surface area contributed by atoms with Crippen LogP contribution in [0.5, 0.6) is 0 Å². The summed E-state index contributed by atoms with van der Waals surface area (Å²) < 4.78 is 34.4. The maximum absolute atomic E-state index is 12.9. The molecular formula is C22H32O6SSi. The number of ether oxygens (including phenoxy) is 2. The first-order chi connectivity index (χ1) is 13.8. The van der Waals surface area contributed by atoms with E-state index in [4.69, 9.17) is 4.74 Å². The minimum Gasteiger partial charge on any atom is -0.438 e. The Bertz CT molecular complexity index is 884. The summed E-state index contributed by atoms with van der Waals surface area (Å²) in [4.78, 5) is 24.8. The number of carbonyl (C=O) groups is 2. The van der Waals surface area contributed by atoms with Gasteiger partial charge in [0.25, 0.3) is 0 Å². The van der Waals surface area contributed by atoms with Crippen LogP contribution in [0.1, 0.15) is 26.2 Å². The van der Waals surface area contributed by atoms with E-state index in [2.05, 4.69) is 31.0 Å². The van der Waals surface area contributed by atoms with E-state index >= 15 is 0 Å². The molecule has 0 aliphatic rings. The van der Waals surface area contributed by atoms with Crippen molar-refractivity contribution in [3.05, 3.63) is 54.0 Å². The molecular weight excluding hydrogens is 420 g/mol. The first-order valence-electron chi connectivity index (χ1n) is 9.77. The van der Waals surface area contributed by atoms with Crippen LogP contribution in [0, 0.1) is 0 Å². The zero-order valence-electron chi connectivity index (χ0n) is 18.4. The quantitative estimate of drug-likeness (QED) is 0.200. The predicted molar refractivity (Wildman–Crippen MR) is 121 cm³/mol. The molecule has 6 nitrogen and oxygen atoms in total. The molecule has 0 aliphatic carbocycles. The molecule has 0 N–H and O–H groups in total. The highest BCUT2D eigenvalue weighted by atomic mass is 32.2. The Morgan fingerprint density at radius 3 is 2.30 bits per heavy atom. The maximum atomic E-state index is 12.9. The molecule has 0 saturated heterocycles. The Hall–Kier alpha value is -2.19. The second-order valence-electron chi connectivity index (χ2n) is 8.48. The van der Waals surface area contributed by atoms with Crippen molar-refractivity contribution in [2.45, 2.75) is 62.4 Å². The van der Waals surface area contributed by atoms with Gasteiger partial charge in [0.05, 0.1) is 12.0 Å². The van der Waals surface area contributed by atoms with Gasteiger partial charge in [-0.1, -0.05) is 50.5 Å². The topological polar surface area (TPSA) is 86.7 Å². The molecule has 0 aromatic heterocycles. The van der Waals surface area contributed by atoms with Crippen LogP contribution in [0.4, 0.5) is 4.79 Å². The first-order valence-corrected chi connectivity index (χ1v) is 15.0. The van der Waals surface area contributed by atoms with Gasteiger partial charge in [0.15, 0.2) is 21.2 Å². The van der Waals surface area contributed by atoms with Crippen molar-refractivity contribution in [1.29, 1.82) is 0 Å². The van der Waals surface area contributed by atoms with Crippen LogP contribution < -0.4 is 0 Å². The van der Waals surface area contributed by atoms with Gasteiger partial charge in [0.2, 0.25) is 0 Å². The van der Waals surface area contributed by atoms with Gasteiger partial charge < -0.3 is 9.47 Å². The Balaban J connectivity index is 2.78. The number of carbonyl (C=O) groups excluding carboxylic acids is 2. The predicted octanol–water partition coefficient (Wildman–Crippen LogP) is 5.15. The van der Waals surface area contributed by atoms with Crippen LogP contribution in [0.25, 0.3) is 0 Å². The molecule has 166 valence electrons. The van der Waals surface area contributed by atoms with Gasteiger partial charge in [-0.2, -0.15) is 0 Å². The van der Waals surface area contributed by atoms with Crippen molar-refractivity contribution in [3.63, 3.8) is 0 Å². The van der Waals surface area contributed by atoms with Crippen molar-refractivity contribution >= 4 is 29.8 Å². The van der Waals surface area contributed by atoms with Gasteiger partial charge in [0, 0.05) is 19.9 Å². The van der Waals surface area contributed by atoms with E-state index in [9.17, 15) is 18.0 Å². The number of Topliss-reactive ketones (excluding diaryl/α,β-unsaturated/α-hetero) is 1. The zero-order chi connectivity index (χ0) is 23.0. The van der Waals surface area contributed by atoms with Gasteiger partial charge in [-0.15, -0.1) is 0 Å². The molecule has 1 unspecified atom stereocenters. The molecule has 1 rings (SSSR count). The molecule has 0 spiro atoms. The number of rotatable bonds is 11. The fraction of sp³-hybridized carbons (Fsp3) is 0.455. The van der Waals surface area contributed by atoms with Crippen molar-refractivity contribution in [2.75, 3.05) is 7.11 Å². The van der Waals surface area contributed by atoms with Crippen molar-refractivity contribution < 1.29 is 27.5 Å². The molecule has 0 bridgehead atoms. The van der Waals surface area contributed by atoms with Crippen LogP contribution in [0.15, 0.2) is 58.9 Å². The second kappa shape index (κ2) is 10.7. The fourth-order valence-electron chi connectivity index (χ4n) is 2.85. The summed E-state index contributed by atoms with van der Waals surface area (Å²) in [5.41, 5.74) is -0.910. The van der Waals surface area contributed by atoms with E-state index in [1.165, 1.54) is 25.3 Å². The Morgan fingerprint density at radius 2 is 1.77 bits per heavy atom. The molecule has 8 heteroatoms. The summed E-state index contributed by atoms with van der Waals surface area (Å²) in [5.74, 6) is -0.282. The molecule has 30 heavy (non-hydrogen) atoms. The van der Waals surface area contributed by atoms with Crippen LogP contribution in [0.3, 0.4) is 0 Å².